The minimum Gasteiger partial charge on any atom is -0.345 e. The molecule has 0 saturated carbocycles. The molecular weight excluding hydrogens is 424 g/mol. The molecule has 4 heteroatoms. The second-order valence-electron chi connectivity index (χ2n) is 6.93. The Labute approximate surface area is 178 Å². The van der Waals surface area contributed by atoms with Crippen LogP contribution in [0.5, 0.6) is 0 Å². The number of benzene rings is 3. The molecular formula is C25H21BrN2O. The van der Waals surface area contributed by atoms with Crippen LogP contribution in [0, 0.1) is 0 Å². The van der Waals surface area contributed by atoms with Crippen LogP contribution in [0.1, 0.15) is 35.3 Å². The van der Waals surface area contributed by atoms with Crippen molar-refractivity contribution < 1.29 is 4.79 Å². The van der Waals surface area contributed by atoms with E-state index in [4.69, 9.17) is 4.98 Å². The Hall–Kier alpha value is -2.98. The Balaban J connectivity index is 1.78. The molecule has 1 unspecified atom stereocenters. The minimum atomic E-state index is -0.0941. The third-order valence-corrected chi connectivity index (χ3v) is 5.49. The predicted molar refractivity (Wildman–Crippen MR) is 122 cm³/mol. The lowest BCUT2D eigenvalue weighted by molar-refractivity contribution is 0.0937. The Morgan fingerprint density at radius 3 is 2.34 bits per heavy atom. The molecule has 0 radical (unpaired) electrons. The lowest BCUT2D eigenvalue weighted by Crippen LogP contribution is -2.28. The molecule has 3 nitrogen and oxygen atoms in total. The Bertz CT molecular complexity index is 1140. The highest BCUT2D eigenvalue weighted by molar-refractivity contribution is 9.10. The maximum absolute atomic E-state index is 13.3. The number of hydrogen-bond acceptors (Lipinski definition) is 2. The first-order valence-electron chi connectivity index (χ1n) is 9.67. The van der Waals surface area contributed by atoms with Gasteiger partial charge in [0, 0.05) is 15.4 Å². The first-order valence-corrected chi connectivity index (χ1v) is 10.5. The fourth-order valence-corrected chi connectivity index (χ4v) is 3.85. The lowest BCUT2D eigenvalue weighted by Gasteiger charge is -2.18. The standard InChI is InChI=1S/C25H21BrN2O/c1-2-22(17-9-5-3-6-10-17)28-25(29)21-16-24(18-11-7-4-8-12-18)27-23-14-13-19(26)15-20(21)23/h3-16,22H,2H2,1H3,(H,28,29). The van der Waals surface area contributed by atoms with Gasteiger partial charge in [-0.3, -0.25) is 4.79 Å². The molecule has 1 aromatic heterocycles. The number of nitrogens with zero attached hydrogens (tertiary/aromatic N) is 1. The van der Waals surface area contributed by atoms with Gasteiger partial charge in [0.15, 0.2) is 0 Å². The monoisotopic (exact) mass is 444 g/mol. The largest absolute Gasteiger partial charge is 0.345 e. The summed E-state index contributed by atoms with van der Waals surface area (Å²) in [4.78, 5) is 18.1. The third-order valence-electron chi connectivity index (χ3n) is 5.00. The molecule has 0 aliphatic heterocycles. The molecule has 144 valence electrons. The molecule has 4 aromatic rings. The molecule has 0 bridgehead atoms. The number of pyridine rings is 1. The van der Waals surface area contributed by atoms with Gasteiger partial charge in [0.05, 0.1) is 22.8 Å². The van der Waals surface area contributed by atoms with Crippen LogP contribution in [0.25, 0.3) is 22.2 Å². The van der Waals surface area contributed by atoms with Crippen LogP contribution >= 0.6 is 15.9 Å². The second-order valence-corrected chi connectivity index (χ2v) is 7.84. The number of halogens is 1. The van der Waals surface area contributed by atoms with Gasteiger partial charge in [-0.2, -0.15) is 0 Å². The van der Waals surface area contributed by atoms with E-state index in [-0.39, 0.29) is 11.9 Å². The summed E-state index contributed by atoms with van der Waals surface area (Å²) in [6.45, 7) is 2.08. The second kappa shape index (κ2) is 8.58. The van der Waals surface area contributed by atoms with Gasteiger partial charge in [-0.15, -0.1) is 0 Å². The number of hydrogen-bond donors (Lipinski definition) is 1. The topological polar surface area (TPSA) is 42.0 Å². The Morgan fingerprint density at radius 2 is 1.66 bits per heavy atom. The van der Waals surface area contributed by atoms with Crippen LogP contribution in [0.3, 0.4) is 0 Å². The van der Waals surface area contributed by atoms with Crippen molar-refractivity contribution in [1.82, 2.24) is 10.3 Å². The van der Waals surface area contributed by atoms with E-state index in [0.29, 0.717) is 5.56 Å². The Morgan fingerprint density at radius 1 is 0.966 bits per heavy atom. The minimum absolute atomic E-state index is 0.0424. The van der Waals surface area contributed by atoms with E-state index in [0.717, 1.165) is 38.6 Å². The molecule has 1 N–H and O–H groups in total. The van der Waals surface area contributed by atoms with E-state index in [2.05, 4.69) is 28.2 Å². The van der Waals surface area contributed by atoms with Crippen molar-refractivity contribution in [2.75, 3.05) is 0 Å². The van der Waals surface area contributed by atoms with Gasteiger partial charge in [-0.1, -0.05) is 83.5 Å². The fraction of sp³-hybridized carbons (Fsp3) is 0.120. The molecule has 1 heterocycles. The molecule has 0 aliphatic rings. The maximum Gasteiger partial charge on any atom is 0.252 e. The normalized spacial score (nSPS) is 11.9. The number of carbonyl (C=O) groups excluding carboxylic acids is 1. The molecule has 0 fully saturated rings. The zero-order valence-corrected chi connectivity index (χ0v) is 17.7. The zero-order valence-electron chi connectivity index (χ0n) is 16.1. The van der Waals surface area contributed by atoms with Crippen LogP contribution in [0.15, 0.2) is 89.4 Å². The van der Waals surface area contributed by atoms with Gasteiger partial charge in [-0.05, 0) is 36.2 Å². The summed E-state index contributed by atoms with van der Waals surface area (Å²) in [5, 5.41) is 4.04. The summed E-state index contributed by atoms with van der Waals surface area (Å²) >= 11 is 3.52. The summed E-state index contributed by atoms with van der Waals surface area (Å²) in [5.41, 5.74) is 4.31. The van der Waals surface area contributed by atoms with Crippen molar-refractivity contribution in [3.63, 3.8) is 0 Å². The van der Waals surface area contributed by atoms with Gasteiger partial charge >= 0.3 is 0 Å². The number of fused-ring (bicyclic) bond motifs is 1. The van der Waals surface area contributed by atoms with E-state index in [1.54, 1.807) is 0 Å². The number of nitrogens with one attached hydrogen (secondary N) is 1. The van der Waals surface area contributed by atoms with Gasteiger partial charge in [0.2, 0.25) is 0 Å². The summed E-state index contributed by atoms with van der Waals surface area (Å²) in [7, 11) is 0. The average molecular weight is 445 g/mol. The van der Waals surface area contributed by atoms with Crippen molar-refractivity contribution in [2.24, 2.45) is 0 Å². The number of aromatic nitrogens is 1. The van der Waals surface area contributed by atoms with Crippen LogP contribution in [-0.2, 0) is 0 Å². The average Bonchev–Trinajstić information content (AvgIpc) is 2.77. The Kier molecular flexibility index (Phi) is 5.72. The molecule has 4 rings (SSSR count). The van der Waals surface area contributed by atoms with E-state index in [1.807, 2.05) is 84.9 Å². The predicted octanol–water partition coefficient (Wildman–Crippen LogP) is 6.55. The van der Waals surface area contributed by atoms with Crippen LogP contribution in [-0.4, -0.2) is 10.9 Å². The fourth-order valence-electron chi connectivity index (χ4n) is 3.49. The van der Waals surface area contributed by atoms with Gasteiger partial charge in [0.1, 0.15) is 0 Å². The summed E-state index contributed by atoms with van der Waals surface area (Å²) in [6, 6.07) is 27.7. The van der Waals surface area contributed by atoms with Gasteiger partial charge in [-0.25, -0.2) is 4.98 Å². The van der Waals surface area contributed by atoms with Crippen LogP contribution < -0.4 is 5.32 Å². The van der Waals surface area contributed by atoms with E-state index >= 15 is 0 Å². The highest BCUT2D eigenvalue weighted by Gasteiger charge is 2.18. The number of carbonyl (C=O) groups is 1. The van der Waals surface area contributed by atoms with Crippen molar-refractivity contribution in [3.8, 4) is 11.3 Å². The van der Waals surface area contributed by atoms with E-state index < -0.39 is 0 Å². The number of amides is 1. The van der Waals surface area contributed by atoms with E-state index in [1.165, 1.54) is 0 Å². The van der Waals surface area contributed by atoms with Crippen LogP contribution in [0.2, 0.25) is 0 Å². The van der Waals surface area contributed by atoms with Crippen molar-refractivity contribution in [3.05, 3.63) is 101 Å². The molecule has 0 aliphatic carbocycles. The SMILES string of the molecule is CCC(NC(=O)c1cc(-c2ccccc2)nc2ccc(Br)cc12)c1ccccc1. The first-order chi connectivity index (χ1) is 14.2. The van der Waals surface area contributed by atoms with Crippen LogP contribution in [0.4, 0.5) is 0 Å². The summed E-state index contributed by atoms with van der Waals surface area (Å²) in [6.07, 6.45) is 0.813. The smallest absolute Gasteiger partial charge is 0.252 e. The first kappa shape index (κ1) is 19.3. The van der Waals surface area contributed by atoms with E-state index in [9.17, 15) is 4.79 Å². The van der Waals surface area contributed by atoms with Crippen molar-refractivity contribution in [2.45, 2.75) is 19.4 Å². The quantitative estimate of drug-likeness (QED) is 0.379. The highest BCUT2D eigenvalue weighted by Crippen LogP contribution is 2.28. The number of rotatable bonds is 5. The molecule has 0 saturated heterocycles. The van der Waals surface area contributed by atoms with Crippen molar-refractivity contribution >= 4 is 32.7 Å². The van der Waals surface area contributed by atoms with Crippen molar-refractivity contribution in [1.29, 1.82) is 0 Å². The zero-order chi connectivity index (χ0) is 20.2. The summed E-state index contributed by atoms with van der Waals surface area (Å²) < 4.78 is 0.920. The highest BCUT2D eigenvalue weighted by atomic mass is 79.9. The molecule has 0 spiro atoms. The third kappa shape index (κ3) is 4.22. The molecule has 1 amide bonds. The lowest BCUT2D eigenvalue weighted by atomic mass is 10.0. The molecule has 29 heavy (non-hydrogen) atoms. The summed E-state index contributed by atoms with van der Waals surface area (Å²) in [5.74, 6) is -0.0941. The van der Waals surface area contributed by atoms with Gasteiger partial charge in [0.25, 0.3) is 5.91 Å². The molecule has 3 aromatic carbocycles. The molecule has 1 atom stereocenters. The van der Waals surface area contributed by atoms with Gasteiger partial charge < -0.3 is 5.32 Å². The maximum atomic E-state index is 13.3.